The summed E-state index contributed by atoms with van der Waals surface area (Å²) in [5, 5.41) is 17.4. The van der Waals surface area contributed by atoms with E-state index in [1.165, 1.54) is 17.1 Å². The Morgan fingerprint density at radius 1 is 1.60 bits per heavy atom. The summed E-state index contributed by atoms with van der Waals surface area (Å²) in [7, 11) is 0. The maximum absolute atomic E-state index is 10.3. The highest BCUT2D eigenvalue weighted by Crippen LogP contribution is 2.08. The molecule has 0 aliphatic rings. The Balaban J connectivity index is 2.14. The molecule has 78 valence electrons. The number of rotatable bonds is 3. The van der Waals surface area contributed by atoms with Gasteiger partial charge < -0.3 is 24.8 Å². The first-order valence-electron chi connectivity index (χ1n) is 3.89. The summed E-state index contributed by atoms with van der Waals surface area (Å²) in [5.41, 5.74) is 5.21. The normalized spacial score (nSPS) is 10.4. The molecule has 0 amide bonds. The molecule has 2 rings (SSSR count). The Morgan fingerprint density at radius 2 is 2.40 bits per heavy atom. The molecule has 15 heavy (non-hydrogen) atoms. The summed E-state index contributed by atoms with van der Waals surface area (Å²) in [5.74, 6) is 0.0299. The molecule has 0 fully saturated rings. The maximum atomic E-state index is 10.3. The van der Waals surface area contributed by atoms with Gasteiger partial charge in [0.2, 0.25) is 12.2 Å². The monoisotopic (exact) mass is 210 g/mol. The largest absolute Gasteiger partial charge is 0.406 e. The van der Waals surface area contributed by atoms with E-state index in [0.29, 0.717) is 0 Å². The molecule has 0 atom stereocenters. The lowest BCUT2D eigenvalue weighted by molar-refractivity contribution is -0.389. The molecule has 0 saturated carbocycles. The van der Waals surface area contributed by atoms with E-state index in [4.69, 9.17) is 10.2 Å². The van der Waals surface area contributed by atoms with Crippen LogP contribution < -0.4 is 5.73 Å². The molecule has 2 heterocycles. The number of imidazole rings is 1. The van der Waals surface area contributed by atoms with E-state index in [-0.39, 0.29) is 24.3 Å². The summed E-state index contributed by atoms with van der Waals surface area (Å²) in [6.07, 6.45) is 2.57. The van der Waals surface area contributed by atoms with Gasteiger partial charge in [-0.25, -0.2) is 0 Å². The molecule has 0 spiro atoms. The number of hydrogen-bond acceptors (Lipinski definition) is 7. The van der Waals surface area contributed by atoms with Gasteiger partial charge in [-0.3, -0.25) is 0 Å². The molecule has 2 aromatic rings. The minimum absolute atomic E-state index is 0.0420. The van der Waals surface area contributed by atoms with Gasteiger partial charge in [-0.1, -0.05) is 5.10 Å². The first-order valence-corrected chi connectivity index (χ1v) is 3.89. The molecule has 2 aromatic heterocycles. The zero-order valence-electron chi connectivity index (χ0n) is 7.40. The van der Waals surface area contributed by atoms with Crippen LogP contribution in [0.1, 0.15) is 5.89 Å². The van der Waals surface area contributed by atoms with E-state index < -0.39 is 4.92 Å². The number of nitrogen functional groups attached to an aromatic ring is 1. The zero-order valence-corrected chi connectivity index (χ0v) is 7.40. The first-order chi connectivity index (χ1) is 7.15. The highest BCUT2D eigenvalue weighted by molar-refractivity contribution is 5.13. The van der Waals surface area contributed by atoms with Gasteiger partial charge in [-0.15, -0.1) is 5.10 Å². The molecular formula is C6H6N6O3. The number of aromatic nitrogens is 4. The zero-order chi connectivity index (χ0) is 10.8. The predicted octanol–water partition coefficient (Wildman–Crippen LogP) is -0.195. The molecule has 9 heteroatoms. The van der Waals surface area contributed by atoms with Crippen molar-refractivity contribution in [1.29, 1.82) is 0 Å². The second-order valence-corrected chi connectivity index (χ2v) is 2.70. The minimum atomic E-state index is -0.585. The third-order valence-electron chi connectivity index (χ3n) is 1.61. The smallest absolute Gasteiger partial charge is 0.381 e. The van der Waals surface area contributed by atoms with E-state index in [0.717, 1.165) is 0 Å². The first kappa shape index (κ1) is 9.12. The minimum Gasteiger partial charge on any atom is -0.406 e. The lowest BCUT2D eigenvalue weighted by Gasteiger charge is -1.92. The van der Waals surface area contributed by atoms with Crippen molar-refractivity contribution in [1.82, 2.24) is 19.7 Å². The highest BCUT2D eigenvalue weighted by Gasteiger charge is 2.11. The van der Waals surface area contributed by atoms with Crippen LogP contribution in [0, 0.1) is 10.1 Å². The average Bonchev–Trinajstić information content (AvgIpc) is 2.76. The van der Waals surface area contributed by atoms with E-state index in [1.807, 2.05) is 0 Å². The van der Waals surface area contributed by atoms with E-state index in [9.17, 15) is 10.1 Å². The van der Waals surface area contributed by atoms with Crippen molar-refractivity contribution in [3.8, 4) is 0 Å². The van der Waals surface area contributed by atoms with Gasteiger partial charge in [0.05, 0.1) is 0 Å². The average molecular weight is 210 g/mol. The van der Waals surface area contributed by atoms with Gasteiger partial charge in [0, 0.05) is 0 Å². The summed E-state index contributed by atoms with van der Waals surface area (Å²) >= 11 is 0. The van der Waals surface area contributed by atoms with Crippen molar-refractivity contribution in [2.45, 2.75) is 6.54 Å². The van der Waals surface area contributed by atoms with Crippen molar-refractivity contribution < 1.29 is 9.34 Å². The summed E-state index contributed by atoms with van der Waals surface area (Å²) < 4.78 is 6.34. The number of anilines is 1. The number of nitrogens with two attached hydrogens (primary N) is 1. The second-order valence-electron chi connectivity index (χ2n) is 2.70. The van der Waals surface area contributed by atoms with Crippen LogP contribution in [-0.2, 0) is 6.54 Å². The molecule has 0 radical (unpaired) electrons. The van der Waals surface area contributed by atoms with Crippen molar-refractivity contribution in [3.63, 3.8) is 0 Å². The van der Waals surface area contributed by atoms with Gasteiger partial charge in [0.15, 0.2) is 0 Å². The van der Waals surface area contributed by atoms with Crippen molar-refractivity contribution in [2.24, 2.45) is 0 Å². The van der Waals surface area contributed by atoms with Gasteiger partial charge >= 0.3 is 11.8 Å². The molecule has 2 N–H and O–H groups in total. The highest BCUT2D eigenvalue weighted by atomic mass is 16.6. The van der Waals surface area contributed by atoms with Crippen LogP contribution in [-0.4, -0.2) is 24.7 Å². The number of hydrogen-bond donors (Lipinski definition) is 1. The molecule has 0 aromatic carbocycles. The number of nitrogens with zero attached hydrogens (tertiary/aromatic N) is 5. The van der Waals surface area contributed by atoms with Crippen LogP contribution in [0.4, 0.5) is 11.8 Å². The van der Waals surface area contributed by atoms with E-state index in [2.05, 4.69) is 15.2 Å². The van der Waals surface area contributed by atoms with Crippen LogP contribution in [0.15, 0.2) is 16.9 Å². The van der Waals surface area contributed by atoms with Crippen molar-refractivity contribution in [3.05, 3.63) is 28.5 Å². The van der Waals surface area contributed by atoms with Crippen LogP contribution in [0.2, 0.25) is 0 Å². The van der Waals surface area contributed by atoms with Crippen LogP contribution in [0.3, 0.4) is 0 Å². The predicted molar refractivity (Wildman–Crippen MR) is 46.7 cm³/mol. The summed E-state index contributed by atoms with van der Waals surface area (Å²) in [6.45, 7) is 0.199. The topological polar surface area (TPSA) is 126 Å². The molecule has 0 aliphatic heterocycles. The van der Waals surface area contributed by atoms with Gasteiger partial charge in [0.1, 0.15) is 12.7 Å². The Morgan fingerprint density at radius 3 is 2.93 bits per heavy atom. The molecule has 0 bridgehead atoms. The molecule has 0 saturated heterocycles. The van der Waals surface area contributed by atoms with E-state index in [1.54, 1.807) is 0 Å². The third-order valence-corrected chi connectivity index (χ3v) is 1.61. The fourth-order valence-electron chi connectivity index (χ4n) is 1.02. The van der Waals surface area contributed by atoms with Crippen molar-refractivity contribution in [2.75, 3.05) is 5.73 Å². The third kappa shape index (κ3) is 1.90. The van der Waals surface area contributed by atoms with Gasteiger partial charge in [-0.05, 0) is 9.91 Å². The van der Waals surface area contributed by atoms with Crippen LogP contribution in [0.5, 0.6) is 0 Å². The van der Waals surface area contributed by atoms with E-state index >= 15 is 0 Å². The fourth-order valence-corrected chi connectivity index (χ4v) is 1.02. The van der Waals surface area contributed by atoms with Gasteiger partial charge in [0.25, 0.3) is 0 Å². The van der Waals surface area contributed by atoms with Crippen molar-refractivity contribution >= 4 is 11.8 Å². The van der Waals surface area contributed by atoms with Crippen LogP contribution >= 0.6 is 0 Å². The Hall–Kier alpha value is -2.45. The molecule has 0 unspecified atom stereocenters. The quantitative estimate of drug-likeness (QED) is 0.549. The number of nitro groups is 1. The fraction of sp³-hybridized carbons (Fsp3) is 0.167. The van der Waals surface area contributed by atoms with Gasteiger partial charge in [-0.2, -0.15) is 0 Å². The Bertz CT molecular complexity index is 489. The van der Waals surface area contributed by atoms with Crippen LogP contribution in [0.25, 0.3) is 0 Å². The SMILES string of the molecule is Nc1nnc(Cn2cnc([N+](=O)[O-])c2)o1. The lowest BCUT2D eigenvalue weighted by atomic mass is 10.6. The Labute approximate surface area is 82.7 Å². The molecule has 0 aliphatic carbocycles. The molecule has 9 nitrogen and oxygen atoms in total. The maximum Gasteiger partial charge on any atom is 0.381 e. The Kier molecular flexibility index (Phi) is 2.04. The lowest BCUT2D eigenvalue weighted by Crippen LogP contribution is -1.96. The molecular weight excluding hydrogens is 204 g/mol. The standard InChI is InChI=1S/C6H6N6O3/c7-6-10-9-5(15-6)2-11-1-4(8-3-11)12(13)14/h1,3H,2H2,(H2,7,10). The summed E-state index contributed by atoms with van der Waals surface area (Å²) in [6, 6.07) is -0.0420. The summed E-state index contributed by atoms with van der Waals surface area (Å²) in [4.78, 5) is 13.3. The second kappa shape index (κ2) is 3.36.